The lowest BCUT2D eigenvalue weighted by Gasteiger charge is -2.19. The first-order valence-corrected chi connectivity index (χ1v) is 11.7. The molecule has 0 aliphatic carbocycles. The summed E-state index contributed by atoms with van der Waals surface area (Å²) in [6.45, 7) is 6.07. The predicted octanol–water partition coefficient (Wildman–Crippen LogP) is 4.75. The fourth-order valence-corrected chi connectivity index (χ4v) is 4.32. The number of carbonyl (C=O) groups is 2. The molecule has 0 saturated heterocycles. The Morgan fingerprint density at radius 2 is 1.80 bits per heavy atom. The van der Waals surface area contributed by atoms with Crippen molar-refractivity contribution in [3.63, 3.8) is 0 Å². The first-order chi connectivity index (χ1) is 14.4. The van der Waals surface area contributed by atoms with E-state index in [4.69, 9.17) is 4.52 Å². The monoisotopic (exact) mass is 443 g/mol. The average molecular weight is 444 g/mol. The zero-order valence-corrected chi connectivity index (χ0v) is 18.8. The van der Waals surface area contributed by atoms with Crippen LogP contribution in [-0.2, 0) is 9.59 Å². The molecule has 1 unspecified atom stereocenters. The molecule has 0 spiro atoms. The SMILES string of the molecule is Cc1cc(NC(=O)CSCC(=O)NC(c2ccc(C(C)C)cc2)c2cccs2)no1. The maximum Gasteiger partial charge on any atom is 0.235 e. The van der Waals surface area contributed by atoms with Crippen LogP contribution in [0.4, 0.5) is 5.82 Å². The third-order valence-corrected chi connectivity index (χ3v) is 6.30. The van der Waals surface area contributed by atoms with Gasteiger partial charge in [-0.3, -0.25) is 9.59 Å². The zero-order chi connectivity index (χ0) is 21.5. The number of benzene rings is 1. The summed E-state index contributed by atoms with van der Waals surface area (Å²) in [4.78, 5) is 25.6. The van der Waals surface area contributed by atoms with Crippen molar-refractivity contribution in [3.8, 4) is 0 Å². The van der Waals surface area contributed by atoms with Crippen LogP contribution in [0.25, 0.3) is 0 Å². The van der Waals surface area contributed by atoms with Crippen molar-refractivity contribution in [2.45, 2.75) is 32.7 Å². The standard InChI is InChI=1S/C22H25N3O3S2/c1-14(2)16-6-8-17(9-7-16)22(18-5-4-10-30-18)24-21(27)13-29-12-20(26)23-19-11-15(3)28-25-19/h4-11,14,22H,12-13H2,1-3H3,(H,24,27)(H,23,25,26). The van der Waals surface area contributed by atoms with Gasteiger partial charge in [-0.2, -0.15) is 0 Å². The average Bonchev–Trinajstić information content (AvgIpc) is 3.38. The number of hydrogen-bond donors (Lipinski definition) is 2. The van der Waals surface area contributed by atoms with Crippen LogP contribution >= 0.6 is 23.1 Å². The number of hydrogen-bond acceptors (Lipinski definition) is 6. The van der Waals surface area contributed by atoms with Crippen LogP contribution in [0, 0.1) is 6.92 Å². The largest absolute Gasteiger partial charge is 0.360 e. The molecule has 2 aromatic heterocycles. The number of thiophene rings is 1. The third kappa shape index (κ3) is 6.21. The quantitative estimate of drug-likeness (QED) is 0.499. The summed E-state index contributed by atoms with van der Waals surface area (Å²) in [5.74, 6) is 1.47. The molecule has 2 amide bonds. The normalized spacial score (nSPS) is 12.0. The summed E-state index contributed by atoms with van der Waals surface area (Å²) in [6.07, 6.45) is 0. The van der Waals surface area contributed by atoms with Crippen molar-refractivity contribution >= 4 is 40.7 Å². The lowest BCUT2D eigenvalue weighted by atomic mass is 9.98. The lowest BCUT2D eigenvalue weighted by molar-refractivity contribution is -0.119. The molecule has 0 radical (unpaired) electrons. The van der Waals surface area contributed by atoms with Crippen molar-refractivity contribution < 1.29 is 14.1 Å². The summed E-state index contributed by atoms with van der Waals surface area (Å²) in [5, 5.41) is 11.5. The number of nitrogens with zero attached hydrogens (tertiary/aromatic N) is 1. The van der Waals surface area contributed by atoms with Gasteiger partial charge in [0.2, 0.25) is 11.8 Å². The summed E-state index contributed by atoms with van der Waals surface area (Å²) < 4.78 is 4.91. The number of anilines is 1. The van der Waals surface area contributed by atoms with E-state index in [1.807, 2.05) is 17.5 Å². The Hall–Kier alpha value is -2.58. The Morgan fingerprint density at radius 1 is 1.10 bits per heavy atom. The van der Waals surface area contributed by atoms with E-state index in [1.165, 1.54) is 17.3 Å². The van der Waals surface area contributed by atoms with Gasteiger partial charge in [0.1, 0.15) is 5.76 Å². The Morgan fingerprint density at radius 3 is 2.40 bits per heavy atom. The second-order valence-electron chi connectivity index (χ2n) is 7.20. The molecule has 1 atom stereocenters. The molecule has 1 aromatic carbocycles. The molecule has 6 nitrogen and oxygen atoms in total. The molecule has 2 N–H and O–H groups in total. The Balaban J connectivity index is 1.55. The molecule has 0 aliphatic rings. The van der Waals surface area contributed by atoms with Crippen LogP contribution in [-0.4, -0.2) is 28.5 Å². The van der Waals surface area contributed by atoms with Crippen LogP contribution < -0.4 is 10.6 Å². The van der Waals surface area contributed by atoms with Gasteiger partial charge < -0.3 is 15.2 Å². The summed E-state index contributed by atoms with van der Waals surface area (Å²) >= 11 is 2.87. The summed E-state index contributed by atoms with van der Waals surface area (Å²) in [7, 11) is 0. The van der Waals surface area contributed by atoms with Crippen molar-refractivity contribution in [3.05, 3.63) is 69.6 Å². The molecule has 30 heavy (non-hydrogen) atoms. The van der Waals surface area contributed by atoms with E-state index in [9.17, 15) is 9.59 Å². The van der Waals surface area contributed by atoms with Gasteiger partial charge in [0.05, 0.1) is 17.5 Å². The van der Waals surface area contributed by atoms with Gasteiger partial charge in [0.25, 0.3) is 0 Å². The highest BCUT2D eigenvalue weighted by Gasteiger charge is 2.18. The number of aromatic nitrogens is 1. The molecule has 0 fully saturated rings. The molecule has 0 aliphatic heterocycles. The first kappa shape index (κ1) is 22.1. The Bertz CT molecular complexity index is 966. The zero-order valence-electron chi connectivity index (χ0n) is 17.2. The van der Waals surface area contributed by atoms with Crippen molar-refractivity contribution in [2.24, 2.45) is 0 Å². The van der Waals surface area contributed by atoms with Crippen LogP contribution in [0.5, 0.6) is 0 Å². The van der Waals surface area contributed by atoms with Crippen LogP contribution in [0.1, 0.15) is 47.6 Å². The third-order valence-electron chi connectivity index (χ3n) is 4.43. The highest BCUT2D eigenvalue weighted by Crippen LogP contribution is 2.27. The van der Waals surface area contributed by atoms with Gasteiger partial charge in [-0.1, -0.05) is 49.3 Å². The van der Waals surface area contributed by atoms with Crippen molar-refractivity contribution in [1.82, 2.24) is 10.5 Å². The fraction of sp³-hybridized carbons (Fsp3) is 0.318. The molecular weight excluding hydrogens is 418 g/mol. The number of aryl methyl sites for hydroxylation is 1. The van der Waals surface area contributed by atoms with Crippen LogP contribution in [0.15, 0.2) is 52.4 Å². The molecule has 3 aromatic rings. The van der Waals surface area contributed by atoms with Gasteiger partial charge in [-0.15, -0.1) is 23.1 Å². The van der Waals surface area contributed by atoms with E-state index in [0.29, 0.717) is 17.5 Å². The second-order valence-corrected chi connectivity index (χ2v) is 9.17. The van der Waals surface area contributed by atoms with Gasteiger partial charge >= 0.3 is 0 Å². The molecule has 3 rings (SSSR count). The minimum absolute atomic E-state index is 0.114. The molecule has 0 saturated carbocycles. The Kier molecular flexibility index (Phi) is 7.70. The fourth-order valence-electron chi connectivity index (χ4n) is 2.89. The minimum Gasteiger partial charge on any atom is -0.360 e. The first-order valence-electron chi connectivity index (χ1n) is 9.66. The van der Waals surface area contributed by atoms with Gasteiger partial charge in [-0.25, -0.2) is 0 Å². The van der Waals surface area contributed by atoms with E-state index >= 15 is 0 Å². The highest BCUT2D eigenvalue weighted by molar-refractivity contribution is 8.00. The van der Waals surface area contributed by atoms with Gasteiger partial charge in [0.15, 0.2) is 5.82 Å². The molecule has 0 bridgehead atoms. The number of rotatable bonds is 9. The molecular formula is C22H25N3O3S2. The second kappa shape index (κ2) is 10.4. The van der Waals surface area contributed by atoms with Gasteiger partial charge in [-0.05, 0) is 35.4 Å². The van der Waals surface area contributed by atoms with E-state index in [0.717, 1.165) is 10.4 Å². The van der Waals surface area contributed by atoms with Crippen molar-refractivity contribution in [1.29, 1.82) is 0 Å². The topological polar surface area (TPSA) is 84.2 Å². The smallest absolute Gasteiger partial charge is 0.235 e. The van der Waals surface area contributed by atoms with Crippen LogP contribution in [0.2, 0.25) is 0 Å². The van der Waals surface area contributed by atoms with Gasteiger partial charge in [0, 0.05) is 10.9 Å². The molecule has 8 heteroatoms. The number of carbonyl (C=O) groups excluding carboxylic acids is 2. The molecule has 2 heterocycles. The molecule has 158 valence electrons. The summed E-state index contributed by atoms with van der Waals surface area (Å²) in [5.41, 5.74) is 2.30. The number of amides is 2. The highest BCUT2D eigenvalue weighted by atomic mass is 32.2. The van der Waals surface area contributed by atoms with E-state index in [1.54, 1.807) is 24.3 Å². The lowest BCUT2D eigenvalue weighted by Crippen LogP contribution is -2.30. The van der Waals surface area contributed by atoms with E-state index < -0.39 is 0 Å². The van der Waals surface area contributed by atoms with E-state index in [2.05, 4.69) is 53.9 Å². The maximum absolute atomic E-state index is 12.6. The Labute approximate surface area is 184 Å². The number of nitrogens with one attached hydrogen (secondary N) is 2. The van der Waals surface area contributed by atoms with E-state index in [-0.39, 0.29) is 29.4 Å². The predicted molar refractivity (Wildman–Crippen MR) is 122 cm³/mol. The maximum atomic E-state index is 12.6. The minimum atomic E-state index is -0.222. The summed E-state index contributed by atoms with van der Waals surface area (Å²) in [6, 6.07) is 13.8. The number of thioether (sulfide) groups is 1. The van der Waals surface area contributed by atoms with Crippen molar-refractivity contribution in [2.75, 3.05) is 16.8 Å². The van der Waals surface area contributed by atoms with Crippen LogP contribution in [0.3, 0.4) is 0 Å².